The first-order valence-corrected chi connectivity index (χ1v) is 12.2. The fraction of sp³-hybridized carbons (Fsp3) is 0.760. The average molecular weight is 524 g/mol. The van der Waals surface area contributed by atoms with E-state index in [2.05, 4.69) is 10.2 Å². The van der Waals surface area contributed by atoms with Crippen LogP contribution in [0, 0.1) is 0 Å². The highest BCUT2D eigenvalue weighted by Gasteiger charge is 2.34. The standard InChI is InChI=1S/C25H42N2O5.2ClH/c1-18(2)26-15-21(29)17-32-24-9-8-19(14-25(24)30-3)11-13-31-23-7-5-4-6-22(23)27-12-10-20(28)16-27;;/h8-9,14,18,20-23,26,28-29H,4-7,10-13,15-17H2,1-3H3;2*1H/t20-,21?,22+,23-;;/m0../s1. The van der Waals surface area contributed by atoms with Crippen molar-refractivity contribution in [1.29, 1.82) is 0 Å². The number of aliphatic hydroxyl groups is 2. The van der Waals surface area contributed by atoms with Crippen molar-refractivity contribution in [2.45, 2.75) is 82.8 Å². The molecule has 198 valence electrons. The number of nitrogens with one attached hydrogen (secondary N) is 1. The molecule has 2 aliphatic rings. The molecule has 34 heavy (non-hydrogen) atoms. The van der Waals surface area contributed by atoms with Gasteiger partial charge in [-0.3, -0.25) is 4.90 Å². The molecule has 1 saturated carbocycles. The van der Waals surface area contributed by atoms with Gasteiger partial charge in [-0.05, 0) is 43.4 Å². The molecule has 1 saturated heterocycles. The lowest BCUT2D eigenvalue weighted by atomic mass is 9.91. The Kier molecular flexibility index (Phi) is 14.7. The Morgan fingerprint density at radius 1 is 1.12 bits per heavy atom. The van der Waals surface area contributed by atoms with E-state index in [0.717, 1.165) is 44.3 Å². The third-order valence-corrected chi connectivity index (χ3v) is 6.48. The highest BCUT2D eigenvalue weighted by Crippen LogP contribution is 2.30. The second-order valence-corrected chi connectivity index (χ2v) is 9.46. The van der Waals surface area contributed by atoms with Crippen molar-refractivity contribution in [2.24, 2.45) is 0 Å². The molecule has 0 spiro atoms. The fourth-order valence-electron chi connectivity index (χ4n) is 4.69. The third-order valence-electron chi connectivity index (χ3n) is 6.48. The third kappa shape index (κ3) is 9.69. The van der Waals surface area contributed by atoms with Gasteiger partial charge in [-0.15, -0.1) is 24.8 Å². The van der Waals surface area contributed by atoms with Crippen LogP contribution in [0.15, 0.2) is 18.2 Å². The van der Waals surface area contributed by atoms with Gasteiger partial charge < -0.3 is 29.7 Å². The summed E-state index contributed by atoms with van der Waals surface area (Å²) in [6.07, 6.45) is 5.91. The number of nitrogens with zero attached hydrogens (tertiary/aromatic N) is 1. The lowest BCUT2D eigenvalue weighted by Gasteiger charge is -2.37. The van der Waals surface area contributed by atoms with Gasteiger partial charge in [0.1, 0.15) is 12.7 Å². The van der Waals surface area contributed by atoms with Crippen LogP contribution in [-0.2, 0) is 11.2 Å². The van der Waals surface area contributed by atoms with Crippen LogP contribution in [0.25, 0.3) is 0 Å². The summed E-state index contributed by atoms with van der Waals surface area (Å²) in [4.78, 5) is 2.43. The van der Waals surface area contributed by atoms with E-state index in [1.54, 1.807) is 7.11 Å². The largest absolute Gasteiger partial charge is 0.493 e. The van der Waals surface area contributed by atoms with Gasteiger partial charge >= 0.3 is 0 Å². The van der Waals surface area contributed by atoms with Crippen LogP contribution >= 0.6 is 24.8 Å². The normalized spacial score (nSPS) is 23.8. The zero-order valence-corrected chi connectivity index (χ0v) is 22.4. The van der Waals surface area contributed by atoms with E-state index in [1.807, 2.05) is 32.0 Å². The highest BCUT2D eigenvalue weighted by atomic mass is 35.5. The van der Waals surface area contributed by atoms with Gasteiger partial charge in [-0.25, -0.2) is 0 Å². The SMILES string of the molecule is COc1cc(CCO[C@H]2CCCC[C@H]2N2CC[C@H](O)C2)ccc1OCC(O)CNC(C)C.Cl.Cl. The molecule has 1 aliphatic carbocycles. The number of hydrogen-bond acceptors (Lipinski definition) is 7. The fourth-order valence-corrected chi connectivity index (χ4v) is 4.69. The van der Waals surface area contributed by atoms with E-state index in [-0.39, 0.29) is 43.6 Å². The number of methoxy groups -OCH3 is 1. The minimum absolute atomic E-state index is 0. The van der Waals surface area contributed by atoms with Crippen molar-refractivity contribution in [3.63, 3.8) is 0 Å². The number of ether oxygens (including phenoxy) is 3. The van der Waals surface area contributed by atoms with Crippen LogP contribution in [0.2, 0.25) is 0 Å². The van der Waals surface area contributed by atoms with Crippen molar-refractivity contribution < 1.29 is 24.4 Å². The number of halogens is 2. The number of β-amino-alcohol motifs (C(OH)–C–C–N with tert-alkyl or cyclic N) is 1. The monoisotopic (exact) mass is 522 g/mol. The quantitative estimate of drug-likeness (QED) is 0.388. The Labute approximate surface area is 217 Å². The molecule has 0 radical (unpaired) electrons. The zero-order valence-electron chi connectivity index (χ0n) is 20.8. The Morgan fingerprint density at radius 3 is 2.56 bits per heavy atom. The number of benzene rings is 1. The molecule has 1 unspecified atom stereocenters. The van der Waals surface area contributed by atoms with Crippen LogP contribution in [0.4, 0.5) is 0 Å². The summed E-state index contributed by atoms with van der Waals surface area (Å²) in [7, 11) is 1.64. The molecule has 1 aromatic rings. The molecule has 4 atom stereocenters. The summed E-state index contributed by atoms with van der Waals surface area (Å²) in [6, 6.07) is 6.70. The molecular formula is C25H44Cl2N2O5. The lowest BCUT2D eigenvalue weighted by Crippen LogP contribution is -2.46. The van der Waals surface area contributed by atoms with Gasteiger partial charge in [0.25, 0.3) is 0 Å². The molecule has 0 amide bonds. The van der Waals surface area contributed by atoms with Crippen LogP contribution in [0.5, 0.6) is 11.5 Å². The van der Waals surface area contributed by atoms with E-state index in [9.17, 15) is 10.2 Å². The molecule has 3 rings (SSSR count). The molecule has 1 aliphatic heterocycles. The minimum Gasteiger partial charge on any atom is -0.493 e. The Balaban J connectivity index is 0.00000289. The number of rotatable bonds is 12. The maximum atomic E-state index is 10.1. The van der Waals surface area contributed by atoms with Crippen LogP contribution < -0.4 is 14.8 Å². The average Bonchev–Trinajstić information content (AvgIpc) is 3.23. The van der Waals surface area contributed by atoms with Crippen molar-refractivity contribution in [3.05, 3.63) is 23.8 Å². The predicted molar refractivity (Wildman–Crippen MR) is 140 cm³/mol. The first-order chi connectivity index (χ1) is 15.5. The molecule has 0 bridgehead atoms. The topological polar surface area (TPSA) is 83.4 Å². The summed E-state index contributed by atoms with van der Waals surface area (Å²) in [5, 5.41) is 23.2. The number of aliphatic hydroxyl groups excluding tert-OH is 2. The zero-order chi connectivity index (χ0) is 22.9. The molecule has 9 heteroatoms. The lowest BCUT2D eigenvalue weighted by molar-refractivity contribution is -0.0316. The van der Waals surface area contributed by atoms with Crippen LogP contribution in [0.3, 0.4) is 0 Å². The van der Waals surface area contributed by atoms with Crippen molar-refractivity contribution in [2.75, 3.05) is 40.0 Å². The summed E-state index contributed by atoms with van der Waals surface area (Å²) < 4.78 is 17.6. The molecule has 0 aromatic heterocycles. The maximum absolute atomic E-state index is 10.1. The Hall–Kier alpha value is -0.800. The van der Waals surface area contributed by atoms with Crippen molar-refractivity contribution in [1.82, 2.24) is 10.2 Å². The van der Waals surface area contributed by atoms with Gasteiger partial charge in [-0.1, -0.05) is 32.8 Å². The first-order valence-electron chi connectivity index (χ1n) is 12.2. The highest BCUT2D eigenvalue weighted by molar-refractivity contribution is 5.85. The van der Waals surface area contributed by atoms with Gasteiger partial charge in [0, 0.05) is 31.7 Å². The summed E-state index contributed by atoms with van der Waals surface area (Å²) in [5.41, 5.74) is 1.14. The van der Waals surface area contributed by atoms with Crippen molar-refractivity contribution >= 4 is 24.8 Å². The van der Waals surface area contributed by atoms with Crippen LogP contribution in [-0.4, -0.2) is 85.5 Å². The second-order valence-electron chi connectivity index (χ2n) is 9.46. The number of hydrogen-bond donors (Lipinski definition) is 3. The van der Waals surface area contributed by atoms with E-state index >= 15 is 0 Å². The minimum atomic E-state index is -0.574. The molecule has 3 N–H and O–H groups in total. The first kappa shape index (κ1) is 31.2. The summed E-state index contributed by atoms with van der Waals surface area (Å²) in [6.45, 7) is 7.23. The van der Waals surface area contributed by atoms with E-state index < -0.39 is 6.10 Å². The van der Waals surface area contributed by atoms with Gasteiger partial charge in [0.05, 0.1) is 25.9 Å². The van der Waals surface area contributed by atoms with Gasteiger partial charge in [0.2, 0.25) is 0 Å². The summed E-state index contributed by atoms with van der Waals surface area (Å²) >= 11 is 0. The van der Waals surface area contributed by atoms with E-state index in [0.29, 0.717) is 36.7 Å². The van der Waals surface area contributed by atoms with Gasteiger partial charge in [-0.2, -0.15) is 0 Å². The molecular weight excluding hydrogens is 479 g/mol. The van der Waals surface area contributed by atoms with Crippen molar-refractivity contribution in [3.8, 4) is 11.5 Å². The summed E-state index contributed by atoms with van der Waals surface area (Å²) in [5.74, 6) is 1.31. The second kappa shape index (κ2) is 16.0. The molecule has 7 nitrogen and oxygen atoms in total. The Bertz CT molecular complexity index is 697. The van der Waals surface area contributed by atoms with E-state index in [1.165, 1.54) is 12.8 Å². The molecule has 1 aromatic carbocycles. The number of likely N-dealkylation sites (tertiary alicyclic amines) is 1. The maximum Gasteiger partial charge on any atom is 0.161 e. The van der Waals surface area contributed by atoms with E-state index in [4.69, 9.17) is 14.2 Å². The predicted octanol–water partition coefficient (Wildman–Crippen LogP) is 3.21. The van der Waals surface area contributed by atoms with Gasteiger partial charge in [0.15, 0.2) is 11.5 Å². The molecule has 2 fully saturated rings. The Morgan fingerprint density at radius 2 is 1.88 bits per heavy atom. The van der Waals surface area contributed by atoms with Crippen LogP contribution in [0.1, 0.15) is 51.5 Å². The smallest absolute Gasteiger partial charge is 0.161 e. The molecule has 1 heterocycles.